The molecule has 1 heterocycles. The van der Waals surface area contributed by atoms with E-state index in [9.17, 15) is 22.7 Å². The summed E-state index contributed by atoms with van der Waals surface area (Å²) < 4.78 is 52.6. The van der Waals surface area contributed by atoms with Crippen molar-refractivity contribution in [1.82, 2.24) is 0 Å². The fraction of sp³-hybridized carbons (Fsp3) is 0.111. The van der Waals surface area contributed by atoms with E-state index in [-0.39, 0.29) is 12.0 Å². The van der Waals surface area contributed by atoms with Crippen molar-refractivity contribution in [2.75, 3.05) is 4.90 Å². The van der Waals surface area contributed by atoms with E-state index in [1.807, 2.05) is 71.8 Å². The molecule has 1 aliphatic heterocycles. The molecular formula is C27H21F4NO. The number of rotatable bonds is 5. The first-order chi connectivity index (χ1) is 15.7. The molecule has 1 unspecified atom stereocenters. The second kappa shape index (κ2) is 9.08. The Morgan fingerprint density at radius 3 is 2.33 bits per heavy atom. The van der Waals surface area contributed by atoms with Crippen LogP contribution in [-0.2, 0) is 6.18 Å². The molecule has 1 aliphatic rings. The molecule has 0 bridgehead atoms. The zero-order chi connectivity index (χ0) is 23.6. The number of nitrogens with zero attached hydrogens (tertiary/aromatic N) is 1. The van der Waals surface area contributed by atoms with E-state index in [1.54, 1.807) is 6.08 Å². The second-order valence-electron chi connectivity index (χ2n) is 7.77. The average Bonchev–Trinajstić information content (AvgIpc) is 2.79. The largest absolute Gasteiger partial charge is 0.419 e. The van der Waals surface area contributed by atoms with Crippen molar-refractivity contribution in [3.63, 3.8) is 0 Å². The molecule has 0 aliphatic carbocycles. The Bertz CT molecular complexity index is 1230. The first kappa shape index (κ1) is 22.6. The van der Waals surface area contributed by atoms with Gasteiger partial charge in [0, 0.05) is 24.0 Å². The number of halogens is 4. The topological polar surface area (TPSA) is 23.5 Å². The number of hydrogen-bond donors (Lipinski definition) is 1. The molecule has 168 valence electrons. The first-order valence-electron chi connectivity index (χ1n) is 10.3. The molecule has 1 N–H and O–H groups in total. The summed E-state index contributed by atoms with van der Waals surface area (Å²) in [5, 5.41) is 10.7. The maximum absolute atomic E-state index is 14.0. The van der Waals surface area contributed by atoms with Gasteiger partial charge in [0.15, 0.2) is 0 Å². The summed E-state index contributed by atoms with van der Waals surface area (Å²) in [6, 6.07) is 20.2. The molecule has 33 heavy (non-hydrogen) atoms. The summed E-state index contributed by atoms with van der Waals surface area (Å²) in [5.74, 6) is -1.41. The highest BCUT2D eigenvalue weighted by atomic mass is 19.4. The number of anilines is 1. The Labute approximate surface area is 189 Å². The van der Waals surface area contributed by atoms with Crippen LogP contribution in [0.5, 0.6) is 0 Å². The van der Waals surface area contributed by atoms with Gasteiger partial charge in [-0.05, 0) is 58.7 Å². The summed E-state index contributed by atoms with van der Waals surface area (Å²) in [6.45, 7) is 3.93. The van der Waals surface area contributed by atoms with Gasteiger partial charge in [-0.1, -0.05) is 55.1 Å². The summed E-state index contributed by atoms with van der Waals surface area (Å²) in [5.41, 5.74) is 3.01. The smallest absolute Gasteiger partial charge is 0.388 e. The third-order valence-electron chi connectivity index (χ3n) is 5.42. The molecule has 0 saturated heterocycles. The Kier molecular flexibility index (Phi) is 6.20. The lowest BCUT2D eigenvalue weighted by atomic mass is 9.99. The van der Waals surface area contributed by atoms with Gasteiger partial charge in [0.05, 0.1) is 11.7 Å². The van der Waals surface area contributed by atoms with Crippen LogP contribution in [0.3, 0.4) is 0 Å². The fourth-order valence-corrected chi connectivity index (χ4v) is 3.76. The van der Waals surface area contributed by atoms with Crippen LogP contribution in [-0.4, -0.2) is 5.11 Å². The minimum Gasteiger partial charge on any atom is -0.388 e. The van der Waals surface area contributed by atoms with Crippen molar-refractivity contribution in [2.45, 2.75) is 18.7 Å². The summed E-state index contributed by atoms with van der Waals surface area (Å²) >= 11 is 0. The lowest BCUT2D eigenvalue weighted by Crippen LogP contribution is -2.20. The number of aliphatic hydroxyl groups excluding tert-OH is 1. The normalized spacial score (nSPS) is 14.9. The van der Waals surface area contributed by atoms with Gasteiger partial charge in [0.25, 0.3) is 0 Å². The highest BCUT2D eigenvalue weighted by Gasteiger charge is 2.34. The molecule has 3 aromatic carbocycles. The number of hydrogen-bond acceptors (Lipinski definition) is 2. The molecule has 3 aromatic rings. The molecule has 0 radical (unpaired) electrons. The van der Waals surface area contributed by atoms with Gasteiger partial charge < -0.3 is 10.0 Å². The standard InChI is InChI=1S/C27H21F4NO/c1-18-12-13-32(22-9-5-8-20(15-22)19-6-3-2-4-7-19)23(14-18)17-26(33)21-10-11-24(25(28)16-21)27(29,30)31/h2-16,26,33H,1,17H2. The highest BCUT2D eigenvalue weighted by Crippen LogP contribution is 2.35. The van der Waals surface area contributed by atoms with Crippen LogP contribution in [0.25, 0.3) is 11.1 Å². The van der Waals surface area contributed by atoms with E-state index in [0.717, 1.165) is 28.9 Å². The summed E-state index contributed by atoms with van der Waals surface area (Å²) in [7, 11) is 0. The van der Waals surface area contributed by atoms with Gasteiger partial charge in [-0.25, -0.2) is 4.39 Å². The average molecular weight is 451 g/mol. The lowest BCUT2D eigenvalue weighted by molar-refractivity contribution is -0.140. The predicted molar refractivity (Wildman–Crippen MR) is 122 cm³/mol. The summed E-state index contributed by atoms with van der Waals surface area (Å²) in [6.07, 6.45) is -0.498. The van der Waals surface area contributed by atoms with E-state index < -0.39 is 23.7 Å². The molecule has 0 spiro atoms. The zero-order valence-electron chi connectivity index (χ0n) is 17.6. The Morgan fingerprint density at radius 1 is 0.909 bits per heavy atom. The van der Waals surface area contributed by atoms with Crippen molar-refractivity contribution in [3.8, 4) is 11.1 Å². The van der Waals surface area contributed by atoms with Crippen LogP contribution in [0.1, 0.15) is 23.7 Å². The highest BCUT2D eigenvalue weighted by molar-refractivity contribution is 5.71. The van der Waals surface area contributed by atoms with Crippen LogP contribution in [0.4, 0.5) is 23.2 Å². The van der Waals surface area contributed by atoms with E-state index >= 15 is 0 Å². The molecule has 0 aromatic heterocycles. The lowest BCUT2D eigenvalue weighted by Gasteiger charge is -2.29. The van der Waals surface area contributed by atoms with Crippen molar-refractivity contribution >= 4 is 5.69 Å². The van der Waals surface area contributed by atoms with Crippen molar-refractivity contribution in [1.29, 1.82) is 0 Å². The van der Waals surface area contributed by atoms with Crippen LogP contribution in [0, 0.1) is 5.82 Å². The van der Waals surface area contributed by atoms with Crippen LogP contribution < -0.4 is 4.90 Å². The first-order valence-corrected chi connectivity index (χ1v) is 10.3. The van der Waals surface area contributed by atoms with E-state index in [2.05, 4.69) is 6.58 Å². The van der Waals surface area contributed by atoms with Crippen LogP contribution in [0.15, 0.2) is 109 Å². The molecule has 1 atom stereocenters. The Morgan fingerprint density at radius 2 is 1.64 bits per heavy atom. The second-order valence-corrected chi connectivity index (χ2v) is 7.77. The number of benzene rings is 3. The molecule has 0 saturated carbocycles. The van der Waals surface area contributed by atoms with E-state index in [0.29, 0.717) is 17.3 Å². The van der Waals surface area contributed by atoms with Gasteiger partial charge in [-0.15, -0.1) is 0 Å². The van der Waals surface area contributed by atoms with Crippen LogP contribution >= 0.6 is 0 Å². The number of allylic oxidation sites excluding steroid dienone is 3. The molecule has 6 heteroatoms. The zero-order valence-corrected chi connectivity index (χ0v) is 17.6. The third kappa shape index (κ3) is 5.07. The monoisotopic (exact) mass is 451 g/mol. The Balaban J connectivity index is 1.61. The molecule has 4 rings (SSSR count). The molecular weight excluding hydrogens is 430 g/mol. The van der Waals surface area contributed by atoms with E-state index in [1.165, 1.54) is 0 Å². The van der Waals surface area contributed by atoms with Gasteiger partial charge in [-0.3, -0.25) is 0 Å². The number of aliphatic hydroxyl groups is 1. The SMILES string of the molecule is C=C1C=CN(c2cccc(-c3ccccc3)c2)C(CC(O)c2ccc(C(F)(F)F)c(F)c2)=C1. The van der Waals surface area contributed by atoms with Gasteiger partial charge in [0.1, 0.15) is 5.82 Å². The maximum atomic E-state index is 14.0. The van der Waals surface area contributed by atoms with E-state index in [4.69, 9.17) is 0 Å². The van der Waals surface area contributed by atoms with Gasteiger partial charge >= 0.3 is 6.18 Å². The predicted octanol–water partition coefficient (Wildman–Crippen LogP) is 7.41. The molecule has 0 fully saturated rings. The minimum atomic E-state index is -4.79. The minimum absolute atomic E-state index is 0.0593. The quantitative estimate of drug-likeness (QED) is 0.408. The Hall–Kier alpha value is -3.64. The fourth-order valence-electron chi connectivity index (χ4n) is 3.76. The van der Waals surface area contributed by atoms with Crippen molar-refractivity contribution < 1.29 is 22.7 Å². The van der Waals surface area contributed by atoms with Gasteiger partial charge in [-0.2, -0.15) is 13.2 Å². The molecule has 0 amide bonds. The van der Waals surface area contributed by atoms with Gasteiger partial charge in [0.2, 0.25) is 0 Å². The number of alkyl halides is 3. The third-order valence-corrected chi connectivity index (χ3v) is 5.42. The summed E-state index contributed by atoms with van der Waals surface area (Å²) in [4.78, 5) is 1.88. The van der Waals surface area contributed by atoms with Crippen molar-refractivity contribution in [2.24, 2.45) is 0 Å². The van der Waals surface area contributed by atoms with Crippen LogP contribution in [0.2, 0.25) is 0 Å². The maximum Gasteiger partial charge on any atom is 0.419 e. The molecule has 2 nitrogen and oxygen atoms in total. The van der Waals surface area contributed by atoms with Crippen molar-refractivity contribution in [3.05, 3.63) is 126 Å².